The first kappa shape index (κ1) is 23.8. The Labute approximate surface area is 199 Å². The molecule has 0 radical (unpaired) electrons. The van der Waals surface area contributed by atoms with E-state index in [2.05, 4.69) is 10.5 Å². The van der Waals surface area contributed by atoms with Crippen LogP contribution in [0.25, 0.3) is 0 Å². The van der Waals surface area contributed by atoms with Crippen LogP contribution in [0.4, 0.5) is 0 Å². The number of phenolic OH excluding ortho intramolecular Hbond substituents is 1. The van der Waals surface area contributed by atoms with Crippen molar-refractivity contribution in [3.8, 4) is 11.5 Å². The molecule has 31 heavy (non-hydrogen) atoms. The van der Waals surface area contributed by atoms with Gasteiger partial charge in [0.2, 0.25) is 10.0 Å². The van der Waals surface area contributed by atoms with Crippen LogP contribution in [0.15, 0.2) is 46.4 Å². The average molecular weight is 578 g/mol. The maximum Gasteiger partial charge on any atom is 0.258 e. The van der Waals surface area contributed by atoms with Gasteiger partial charge in [-0.25, -0.2) is 13.8 Å². The first-order valence-electron chi connectivity index (χ1n) is 9.49. The molecular formula is C20H21ClIN3O5S. The van der Waals surface area contributed by atoms with Gasteiger partial charge in [-0.15, -0.1) is 0 Å². The number of hydrogen-bond acceptors (Lipinski definition) is 6. The van der Waals surface area contributed by atoms with Gasteiger partial charge in [-0.1, -0.05) is 11.6 Å². The number of carbonyl (C=O) groups is 1. The van der Waals surface area contributed by atoms with Gasteiger partial charge in [0, 0.05) is 11.6 Å². The SMILES string of the molecule is CCOc1cc(/C=N\NC(=O)[C@@H]2CCCN2S(=O)(=O)c2ccc(Cl)cc2)cc(I)c1O. The number of halogens is 2. The summed E-state index contributed by atoms with van der Waals surface area (Å²) >= 11 is 7.81. The van der Waals surface area contributed by atoms with E-state index in [1.807, 2.05) is 22.6 Å². The van der Waals surface area contributed by atoms with Crippen LogP contribution in [0.3, 0.4) is 0 Å². The predicted octanol–water partition coefficient (Wildman–Crippen LogP) is 3.35. The zero-order valence-electron chi connectivity index (χ0n) is 16.6. The molecule has 1 heterocycles. The molecule has 0 bridgehead atoms. The third-order valence-electron chi connectivity index (χ3n) is 4.67. The lowest BCUT2D eigenvalue weighted by atomic mass is 10.2. The Bertz CT molecular complexity index is 1090. The predicted molar refractivity (Wildman–Crippen MR) is 126 cm³/mol. The van der Waals surface area contributed by atoms with Gasteiger partial charge in [0.25, 0.3) is 5.91 Å². The van der Waals surface area contributed by atoms with Crippen molar-refractivity contribution in [2.45, 2.75) is 30.7 Å². The van der Waals surface area contributed by atoms with Crippen LogP contribution in [-0.2, 0) is 14.8 Å². The fourth-order valence-corrected chi connectivity index (χ4v) is 5.62. The van der Waals surface area contributed by atoms with Gasteiger partial charge < -0.3 is 9.84 Å². The molecule has 2 N–H and O–H groups in total. The Morgan fingerprint density at radius 1 is 1.39 bits per heavy atom. The van der Waals surface area contributed by atoms with E-state index in [1.165, 1.54) is 34.8 Å². The molecule has 1 aliphatic heterocycles. The lowest BCUT2D eigenvalue weighted by molar-refractivity contribution is -0.124. The van der Waals surface area contributed by atoms with Crippen LogP contribution < -0.4 is 10.2 Å². The Morgan fingerprint density at radius 3 is 2.77 bits per heavy atom. The first-order valence-corrected chi connectivity index (χ1v) is 12.4. The van der Waals surface area contributed by atoms with E-state index in [0.717, 1.165) is 0 Å². The molecule has 2 aromatic rings. The van der Waals surface area contributed by atoms with Gasteiger partial charge in [0.05, 0.1) is 21.3 Å². The number of carbonyl (C=O) groups excluding carboxylic acids is 1. The number of nitrogens with one attached hydrogen (secondary N) is 1. The Balaban J connectivity index is 1.72. The third kappa shape index (κ3) is 5.48. The summed E-state index contributed by atoms with van der Waals surface area (Å²) in [5.41, 5.74) is 3.03. The average Bonchev–Trinajstić information content (AvgIpc) is 3.23. The number of aromatic hydroxyl groups is 1. The molecule has 0 spiro atoms. The number of benzene rings is 2. The second-order valence-corrected chi connectivity index (χ2v) is 10.2. The molecule has 0 aromatic heterocycles. The molecule has 1 aliphatic rings. The van der Waals surface area contributed by atoms with Gasteiger partial charge in [-0.2, -0.15) is 9.41 Å². The second-order valence-electron chi connectivity index (χ2n) is 6.74. The summed E-state index contributed by atoms with van der Waals surface area (Å²) in [4.78, 5) is 12.7. The zero-order valence-corrected chi connectivity index (χ0v) is 20.3. The van der Waals surface area contributed by atoms with Crippen molar-refractivity contribution in [3.05, 3.63) is 50.6 Å². The van der Waals surface area contributed by atoms with Crippen molar-refractivity contribution in [1.29, 1.82) is 0 Å². The van der Waals surface area contributed by atoms with Gasteiger partial charge in [0.15, 0.2) is 11.5 Å². The quantitative estimate of drug-likeness (QED) is 0.298. The third-order valence-corrected chi connectivity index (χ3v) is 7.66. The standard InChI is InChI=1S/C20H21ClIN3O5S/c1-2-30-18-11-13(10-16(22)19(18)26)12-23-24-20(27)17-4-3-9-25(17)31(28,29)15-7-5-14(21)6-8-15/h5-8,10-12,17,26H,2-4,9H2,1H3,(H,24,27)/b23-12-/t17-/m0/s1. The molecule has 8 nitrogen and oxygen atoms in total. The summed E-state index contributed by atoms with van der Waals surface area (Å²) < 4.78 is 33.1. The number of hydrogen-bond donors (Lipinski definition) is 2. The monoisotopic (exact) mass is 577 g/mol. The minimum atomic E-state index is -3.83. The minimum absolute atomic E-state index is 0.0395. The van der Waals surface area contributed by atoms with Crippen LogP contribution in [-0.4, -0.2) is 49.1 Å². The van der Waals surface area contributed by atoms with E-state index in [4.69, 9.17) is 16.3 Å². The normalized spacial score (nSPS) is 17.2. The van der Waals surface area contributed by atoms with Crippen LogP contribution in [0.2, 0.25) is 5.02 Å². The van der Waals surface area contributed by atoms with E-state index < -0.39 is 22.0 Å². The van der Waals surface area contributed by atoms with E-state index in [9.17, 15) is 18.3 Å². The Morgan fingerprint density at radius 2 is 2.10 bits per heavy atom. The van der Waals surface area contributed by atoms with Crippen LogP contribution >= 0.6 is 34.2 Å². The highest BCUT2D eigenvalue weighted by Gasteiger charge is 2.39. The summed E-state index contributed by atoms with van der Waals surface area (Å²) in [6.07, 6.45) is 2.39. The van der Waals surface area contributed by atoms with E-state index in [0.29, 0.717) is 39.4 Å². The summed E-state index contributed by atoms with van der Waals surface area (Å²) in [5.74, 6) is -0.152. The number of nitrogens with zero attached hydrogens (tertiary/aromatic N) is 2. The van der Waals surface area contributed by atoms with Gasteiger partial charge in [-0.05, 0) is 84.3 Å². The molecular weight excluding hydrogens is 557 g/mol. The van der Waals surface area contributed by atoms with Crippen molar-refractivity contribution in [2.24, 2.45) is 5.10 Å². The van der Waals surface area contributed by atoms with Crippen molar-refractivity contribution in [3.63, 3.8) is 0 Å². The molecule has 1 fully saturated rings. The molecule has 0 aliphatic carbocycles. The zero-order chi connectivity index (χ0) is 22.6. The molecule has 1 saturated heterocycles. The van der Waals surface area contributed by atoms with Crippen molar-refractivity contribution in [1.82, 2.24) is 9.73 Å². The molecule has 166 valence electrons. The molecule has 0 saturated carbocycles. The van der Waals surface area contributed by atoms with Crippen molar-refractivity contribution < 1.29 is 23.1 Å². The van der Waals surface area contributed by atoms with E-state index in [-0.39, 0.29) is 17.2 Å². The van der Waals surface area contributed by atoms with Gasteiger partial charge >= 0.3 is 0 Å². The van der Waals surface area contributed by atoms with Crippen LogP contribution in [0.1, 0.15) is 25.3 Å². The molecule has 3 rings (SSSR count). The Hall–Kier alpha value is -1.89. The minimum Gasteiger partial charge on any atom is -0.504 e. The number of phenols is 1. The number of ether oxygens (including phenoxy) is 1. The molecule has 0 unspecified atom stereocenters. The van der Waals surface area contributed by atoms with Crippen LogP contribution in [0, 0.1) is 3.57 Å². The summed E-state index contributed by atoms with van der Waals surface area (Å²) in [5, 5.41) is 14.4. The summed E-state index contributed by atoms with van der Waals surface area (Å²) in [7, 11) is -3.83. The van der Waals surface area contributed by atoms with E-state index >= 15 is 0 Å². The Kier molecular flexibility index (Phi) is 7.78. The number of rotatable bonds is 7. The lowest BCUT2D eigenvalue weighted by Crippen LogP contribution is -2.44. The van der Waals surface area contributed by atoms with E-state index in [1.54, 1.807) is 19.1 Å². The highest BCUT2D eigenvalue weighted by atomic mass is 127. The first-order chi connectivity index (χ1) is 14.7. The number of sulfonamides is 1. The smallest absolute Gasteiger partial charge is 0.258 e. The highest BCUT2D eigenvalue weighted by Crippen LogP contribution is 2.32. The summed E-state index contributed by atoms with van der Waals surface area (Å²) in [6, 6.07) is 8.28. The van der Waals surface area contributed by atoms with Gasteiger partial charge in [0.1, 0.15) is 6.04 Å². The molecule has 1 atom stereocenters. The summed E-state index contributed by atoms with van der Waals surface area (Å²) in [6.45, 7) is 2.44. The van der Waals surface area contributed by atoms with Crippen LogP contribution in [0.5, 0.6) is 11.5 Å². The molecule has 1 amide bonds. The van der Waals surface area contributed by atoms with Crippen molar-refractivity contribution >= 4 is 56.3 Å². The topological polar surface area (TPSA) is 108 Å². The van der Waals surface area contributed by atoms with Gasteiger partial charge in [-0.3, -0.25) is 4.79 Å². The molecule has 11 heteroatoms. The maximum absolute atomic E-state index is 13.0. The lowest BCUT2D eigenvalue weighted by Gasteiger charge is -2.22. The largest absolute Gasteiger partial charge is 0.504 e. The maximum atomic E-state index is 13.0. The number of amides is 1. The van der Waals surface area contributed by atoms with Crippen molar-refractivity contribution in [2.75, 3.05) is 13.2 Å². The highest BCUT2D eigenvalue weighted by molar-refractivity contribution is 14.1. The number of hydrazone groups is 1. The fraction of sp³-hybridized carbons (Fsp3) is 0.300. The molecule has 2 aromatic carbocycles. The fourth-order valence-electron chi connectivity index (χ4n) is 3.21. The second kappa shape index (κ2) is 10.2.